The summed E-state index contributed by atoms with van der Waals surface area (Å²) in [5.41, 5.74) is 4.22. The van der Waals surface area contributed by atoms with Crippen molar-refractivity contribution >= 4 is 46.5 Å². The first-order valence-electron chi connectivity index (χ1n) is 12.1. The quantitative estimate of drug-likeness (QED) is 0.209. The van der Waals surface area contributed by atoms with E-state index in [4.69, 9.17) is 4.99 Å². The standard InChI is InChI=1S/C28H31BN4O4/c1-19(34)33(17-7-16-32(2)3)23-13-11-22(12-14-23)30-27(20-8-5-4-6-9-20)26-24-15-10-21(29(36)37)18-25(24)31-28(26)35/h4-6,8-15,18,31,35-37H,7,16-17H2,1-3H3. The van der Waals surface area contributed by atoms with Gasteiger partial charge in [0, 0.05) is 35.6 Å². The summed E-state index contributed by atoms with van der Waals surface area (Å²) in [5, 5.41) is 30.6. The van der Waals surface area contributed by atoms with Gasteiger partial charge in [-0.3, -0.25) is 4.79 Å². The van der Waals surface area contributed by atoms with Gasteiger partial charge in [0.1, 0.15) is 0 Å². The molecular formula is C28H31BN4O4. The second kappa shape index (κ2) is 11.4. The average Bonchev–Trinajstić information content (AvgIpc) is 3.20. The number of aromatic amines is 1. The zero-order valence-corrected chi connectivity index (χ0v) is 21.2. The third-order valence-electron chi connectivity index (χ3n) is 6.15. The minimum atomic E-state index is -1.61. The normalized spacial score (nSPS) is 11.8. The fourth-order valence-corrected chi connectivity index (χ4v) is 4.31. The highest BCUT2D eigenvalue weighted by molar-refractivity contribution is 6.59. The molecule has 4 N–H and O–H groups in total. The number of nitrogens with one attached hydrogen (secondary N) is 1. The van der Waals surface area contributed by atoms with Crippen molar-refractivity contribution in [3.8, 4) is 5.88 Å². The van der Waals surface area contributed by atoms with Crippen molar-refractivity contribution in [2.75, 3.05) is 32.1 Å². The largest absolute Gasteiger partial charge is 0.494 e. The number of anilines is 1. The molecular weight excluding hydrogens is 467 g/mol. The summed E-state index contributed by atoms with van der Waals surface area (Å²) in [6.07, 6.45) is 0.861. The summed E-state index contributed by atoms with van der Waals surface area (Å²) in [7, 11) is 2.40. The van der Waals surface area contributed by atoms with Gasteiger partial charge in [-0.25, -0.2) is 4.99 Å². The lowest BCUT2D eigenvalue weighted by Gasteiger charge is -2.22. The van der Waals surface area contributed by atoms with Crippen LogP contribution in [0, 0.1) is 0 Å². The Kier molecular flexibility index (Phi) is 8.08. The fourth-order valence-electron chi connectivity index (χ4n) is 4.31. The van der Waals surface area contributed by atoms with Crippen molar-refractivity contribution in [3.63, 3.8) is 0 Å². The number of nitrogens with zero attached hydrogens (tertiary/aromatic N) is 3. The zero-order valence-electron chi connectivity index (χ0n) is 21.2. The zero-order chi connectivity index (χ0) is 26.5. The number of H-pyrrole nitrogens is 1. The molecule has 0 radical (unpaired) electrons. The van der Waals surface area contributed by atoms with Crippen LogP contribution in [0.2, 0.25) is 0 Å². The molecule has 8 nitrogen and oxygen atoms in total. The summed E-state index contributed by atoms with van der Waals surface area (Å²) in [5.74, 6) is -0.0847. The summed E-state index contributed by atoms with van der Waals surface area (Å²) in [6, 6.07) is 21.9. The van der Waals surface area contributed by atoms with E-state index in [1.807, 2.05) is 68.7 Å². The van der Waals surface area contributed by atoms with E-state index in [2.05, 4.69) is 9.88 Å². The first-order chi connectivity index (χ1) is 17.7. The van der Waals surface area contributed by atoms with E-state index in [0.29, 0.717) is 39.9 Å². The lowest BCUT2D eigenvalue weighted by atomic mass is 9.80. The highest BCUT2D eigenvalue weighted by Gasteiger charge is 2.21. The number of benzene rings is 3. The number of hydrogen-bond donors (Lipinski definition) is 4. The molecule has 0 aliphatic heterocycles. The van der Waals surface area contributed by atoms with Crippen molar-refractivity contribution in [1.82, 2.24) is 9.88 Å². The Bertz CT molecular complexity index is 1400. The molecule has 1 amide bonds. The maximum absolute atomic E-state index is 12.3. The van der Waals surface area contributed by atoms with E-state index >= 15 is 0 Å². The number of aliphatic imine (C=N–C) groups is 1. The smallest absolute Gasteiger partial charge is 0.488 e. The van der Waals surface area contributed by atoms with Crippen LogP contribution in [0.3, 0.4) is 0 Å². The van der Waals surface area contributed by atoms with Gasteiger partial charge in [-0.1, -0.05) is 42.5 Å². The molecule has 0 aliphatic carbocycles. The van der Waals surface area contributed by atoms with Crippen LogP contribution in [0.1, 0.15) is 24.5 Å². The van der Waals surface area contributed by atoms with Crippen molar-refractivity contribution in [3.05, 3.63) is 83.9 Å². The van der Waals surface area contributed by atoms with E-state index in [0.717, 1.165) is 24.2 Å². The van der Waals surface area contributed by atoms with E-state index in [1.54, 1.807) is 30.0 Å². The molecule has 190 valence electrons. The van der Waals surface area contributed by atoms with Crippen LogP contribution in [-0.4, -0.2) is 71.0 Å². The average molecular weight is 498 g/mol. The van der Waals surface area contributed by atoms with Gasteiger partial charge in [-0.2, -0.15) is 0 Å². The van der Waals surface area contributed by atoms with E-state index in [9.17, 15) is 19.9 Å². The number of rotatable bonds is 9. The topological polar surface area (TPSA) is 112 Å². The number of hydrogen-bond acceptors (Lipinski definition) is 6. The highest BCUT2D eigenvalue weighted by atomic mass is 16.4. The maximum atomic E-state index is 12.3. The maximum Gasteiger partial charge on any atom is 0.488 e. The van der Waals surface area contributed by atoms with Gasteiger partial charge in [-0.15, -0.1) is 0 Å². The Labute approximate surface area is 216 Å². The number of fused-ring (bicyclic) bond motifs is 1. The van der Waals surface area contributed by atoms with Gasteiger partial charge < -0.3 is 29.9 Å². The molecule has 0 spiro atoms. The Balaban J connectivity index is 1.74. The van der Waals surface area contributed by atoms with E-state index in [-0.39, 0.29) is 11.8 Å². The highest BCUT2D eigenvalue weighted by Crippen LogP contribution is 2.31. The molecule has 0 bridgehead atoms. The summed E-state index contributed by atoms with van der Waals surface area (Å²) in [4.78, 5) is 23.9. The minimum Gasteiger partial charge on any atom is -0.494 e. The van der Waals surface area contributed by atoms with Gasteiger partial charge >= 0.3 is 7.12 Å². The van der Waals surface area contributed by atoms with Crippen LogP contribution < -0.4 is 10.4 Å². The molecule has 0 aliphatic rings. The van der Waals surface area contributed by atoms with Crippen LogP contribution in [0.5, 0.6) is 5.88 Å². The predicted octanol–water partition coefficient (Wildman–Crippen LogP) is 3.03. The lowest BCUT2D eigenvalue weighted by Crippen LogP contribution is -2.31. The molecule has 4 aromatic rings. The Morgan fingerprint density at radius 2 is 1.68 bits per heavy atom. The molecule has 0 saturated carbocycles. The van der Waals surface area contributed by atoms with Crippen molar-refractivity contribution in [2.24, 2.45) is 4.99 Å². The van der Waals surface area contributed by atoms with Gasteiger partial charge in [0.15, 0.2) is 5.88 Å². The number of carbonyl (C=O) groups is 1. The molecule has 0 atom stereocenters. The van der Waals surface area contributed by atoms with Gasteiger partial charge in [0.05, 0.1) is 17.0 Å². The van der Waals surface area contributed by atoms with Gasteiger partial charge in [-0.05, 0) is 62.9 Å². The van der Waals surface area contributed by atoms with E-state index < -0.39 is 7.12 Å². The SMILES string of the molecule is CC(=O)N(CCCN(C)C)c1ccc(N=C(c2ccccc2)c2c(O)[nH]c3cc(B(O)O)ccc23)cc1. The first-order valence-corrected chi connectivity index (χ1v) is 12.1. The molecule has 0 unspecified atom stereocenters. The second-order valence-electron chi connectivity index (χ2n) is 9.20. The van der Waals surface area contributed by atoms with Crippen LogP contribution in [0.25, 0.3) is 10.9 Å². The van der Waals surface area contributed by atoms with Crippen molar-refractivity contribution in [1.29, 1.82) is 0 Å². The Morgan fingerprint density at radius 1 is 0.973 bits per heavy atom. The van der Waals surface area contributed by atoms with Gasteiger partial charge in [0.2, 0.25) is 5.91 Å². The predicted molar refractivity (Wildman–Crippen MR) is 149 cm³/mol. The van der Waals surface area contributed by atoms with Crippen LogP contribution in [0.15, 0.2) is 77.8 Å². The van der Waals surface area contributed by atoms with E-state index in [1.165, 1.54) is 0 Å². The number of aromatic hydroxyl groups is 1. The third-order valence-corrected chi connectivity index (χ3v) is 6.15. The number of aromatic nitrogens is 1. The van der Waals surface area contributed by atoms with Gasteiger partial charge in [0.25, 0.3) is 0 Å². The number of amides is 1. The van der Waals surface area contributed by atoms with Crippen molar-refractivity contribution < 1.29 is 19.9 Å². The lowest BCUT2D eigenvalue weighted by molar-refractivity contribution is -0.116. The van der Waals surface area contributed by atoms with Crippen LogP contribution in [-0.2, 0) is 4.79 Å². The molecule has 37 heavy (non-hydrogen) atoms. The molecule has 3 aromatic carbocycles. The monoisotopic (exact) mass is 498 g/mol. The van der Waals surface area contributed by atoms with Crippen LogP contribution >= 0.6 is 0 Å². The third kappa shape index (κ3) is 6.08. The summed E-state index contributed by atoms with van der Waals surface area (Å²) < 4.78 is 0. The molecule has 9 heteroatoms. The molecule has 1 aromatic heterocycles. The molecule has 0 fully saturated rings. The molecule has 4 rings (SSSR count). The molecule has 0 saturated heterocycles. The second-order valence-corrected chi connectivity index (χ2v) is 9.20. The Morgan fingerprint density at radius 3 is 2.30 bits per heavy atom. The minimum absolute atomic E-state index is 0.0175. The fraction of sp³-hybridized carbons (Fsp3) is 0.214. The first kappa shape index (κ1) is 26.2. The van der Waals surface area contributed by atoms with Crippen molar-refractivity contribution in [2.45, 2.75) is 13.3 Å². The molecule has 1 heterocycles. The number of carbonyl (C=O) groups excluding carboxylic acids is 1. The summed E-state index contributed by atoms with van der Waals surface area (Å²) >= 11 is 0. The Hall–Kier alpha value is -3.92. The summed E-state index contributed by atoms with van der Waals surface area (Å²) in [6.45, 7) is 3.08. The van der Waals surface area contributed by atoms with Crippen LogP contribution in [0.4, 0.5) is 11.4 Å².